The fourth-order valence-corrected chi connectivity index (χ4v) is 2.27. The van der Waals surface area contributed by atoms with E-state index in [0.717, 1.165) is 18.7 Å². The second-order valence-corrected chi connectivity index (χ2v) is 6.23. The molecule has 0 fully saturated rings. The number of hydrogen-bond donors (Lipinski definition) is 2. The lowest BCUT2D eigenvalue weighted by molar-refractivity contribution is 0.349. The molecule has 19 heavy (non-hydrogen) atoms. The Labute approximate surface area is 116 Å². The summed E-state index contributed by atoms with van der Waals surface area (Å²) in [4.78, 5) is 0. The monoisotopic (exact) mass is 266 g/mol. The van der Waals surface area contributed by atoms with Gasteiger partial charge in [0.05, 0.1) is 0 Å². The number of nitrogens with one attached hydrogen (secondary N) is 1. The molecule has 0 bridgehead atoms. The fraction of sp³-hybridized carbons (Fsp3) is 0.625. The Hall–Kier alpha value is -0.930. The highest BCUT2D eigenvalue weighted by Gasteiger charge is 2.24. The quantitative estimate of drug-likeness (QED) is 0.796. The van der Waals surface area contributed by atoms with E-state index in [-0.39, 0.29) is 11.2 Å². The molecule has 3 heteroatoms. The predicted molar refractivity (Wildman–Crippen MR) is 79.7 cm³/mol. The van der Waals surface area contributed by atoms with Crippen molar-refractivity contribution in [3.8, 4) is 0 Å². The first-order valence-electron chi connectivity index (χ1n) is 7.04. The van der Waals surface area contributed by atoms with Gasteiger partial charge in [-0.1, -0.05) is 45.9 Å². The minimum Gasteiger partial charge on any atom is -0.330 e. The van der Waals surface area contributed by atoms with Crippen molar-refractivity contribution < 1.29 is 4.39 Å². The van der Waals surface area contributed by atoms with E-state index >= 15 is 0 Å². The molecule has 2 nitrogen and oxygen atoms in total. The highest BCUT2D eigenvalue weighted by Crippen LogP contribution is 2.24. The van der Waals surface area contributed by atoms with E-state index in [1.165, 1.54) is 6.07 Å². The van der Waals surface area contributed by atoms with Crippen LogP contribution in [0.5, 0.6) is 0 Å². The average molecular weight is 266 g/mol. The van der Waals surface area contributed by atoms with Gasteiger partial charge in [0.2, 0.25) is 0 Å². The van der Waals surface area contributed by atoms with E-state index in [9.17, 15) is 4.39 Å². The third-order valence-corrected chi connectivity index (χ3v) is 3.82. The summed E-state index contributed by atoms with van der Waals surface area (Å²) < 4.78 is 13.8. The van der Waals surface area contributed by atoms with Crippen LogP contribution in [-0.4, -0.2) is 19.6 Å². The molecule has 1 aromatic rings. The van der Waals surface area contributed by atoms with Crippen molar-refractivity contribution in [3.05, 3.63) is 35.6 Å². The topological polar surface area (TPSA) is 38.0 Å². The lowest BCUT2D eigenvalue weighted by Gasteiger charge is -2.28. The molecule has 0 saturated heterocycles. The maximum absolute atomic E-state index is 13.8. The first kappa shape index (κ1) is 16.1. The molecule has 0 spiro atoms. The van der Waals surface area contributed by atoms with Crippen LogP contribution in [0.3, 0.4) is 0 Å². The lowest BCUT2D eigenvalue weighted by atomic mass is 9.84. The Morgan fingerprint density at radius 2 is 1.89 bits per heavy atom. The molecular formula is C16H27FN2. The van der Waals surface area contributed by atoms with Crippen LogP contribution in [0.1, 0.15) is 33.3 Å². The van der Waals surface area contributed by atoms with E-state index in [4.69, 9.17) is 5.73 Å². The molecule has 0 saturated carbocycles. The Morgan fingerprint density at radius 3 is 2.42 bits per heavy atom. The summed E-state index contributed by atoms with van der Waals surface area (Å²) in [5.74, 6) is 0.902. The van der Waals surface area contributed by atoms with E-state index in [1.807, 2.05) is 12.1 Å². The first-order valence-corrected chi connectivity index (χ1v) is 7.04. The summed E-state index contributed by atoms with van der Waals surface area (Å²) in [6, 6.07) is 7.00. The minimum atomic E-state index is -0.221. The molecule has 0 aliphatic rings. The summed E-state index contributed by atoms with van der Waals surface area (Å²) in [6.45, 7) is 10.8. The number of hydrogen-bond acceptors (Lipinski definition) is 2. The smallest absolute Gasteiger partial charge is 0.126 e. The molecule has 1 atom stereocenters. The van der Waals surface area contributed by atoms with Crippen LogP contribution in [0.4, 0.5) is 4.39 Å². The zero-order chi connectivity index (χ0) is 14.5. The van der Waals surface area contributed by atoms with Crippen LogP contribution < -0.4 is 11.1 Å². The highest BCUT2D eigenvalue weighted by molar-refractivity contribution is 5.25. The second kappa shape index (κ2) is 7.01. The molecule has 108 valence electrons. The summed E-state index contributed by atoms with van der Waals surface area (Å²) >= 11 is 0. The molecular weight excluding hydrogens is 239 g/mol. The van der Waals surface area contributed by atoms with Gasteiger partial charge in [0.15, 0.2) is 0 Å². The van der Waals surface area contributed by atoms with Crippen molar-refractivity contribution in [2.24, 2.45) is 17.6 Å². The van der Waals surface area contributed by atoms with Crippen LogP contribution >= 0.6 is 0 Å². The van der Waals surface area contributed by atoms with Crippen LogP contribution in [-0.2, 0) is 5.41 Å². The molecule has 1 unspecified atom stereocenters. The zero-order valence-electron chi connectivity index (χ0n) is 12.5. The standard InChI is InChI=1S/C16H27FN2/c1-12(2)13(9-18)10-19-11-16(3,4)14-7-5-6-8-15(14)17/h5-8,12-13,19H,9-11,18H2,1-4H3. The van der Waals surface area contributed by atoms with Crippen molar-refractivity contribution in [1.82, 2.24) is 5.32 Å². The Kier molecular flexibility index (Phi) is 5.95. The number of rotatable bonds is 7. The highest BCUT2D eigenvalue weighted by atomic mass is 19.1. The van der Waals surface area contributed by atoms with Gasteiger partial charge < -0.3 is 11.1 Å². The van der Waals surface area contributed by atoms with Crippen molar-refractivity contribution in [1.29, 1.82) is 0 Å². The van der Waals surface area contributed by atoms with Gasteiger partial charge in [-0.2, -0.15) is 0 Å². The molecule has 0 radical (unpaired) electrons. The van der Waals surface area contributed by atoms with Crippen LogP contribution in [0.15, 0.2) is 24.3 Å². The van der Waals surface area contributed by atoms with Gasteiger partial charge in [-0.15, -0.1) is 0 Å². The molecule has 1 aromatic carbocycles. The second-order valence-electron chi connectivity index (χ2n) is 6.23. The first-order chi connectivity index (χ1) is 8.88. The van der Waals surface area contributed by atoms with Crippen LogP contribution in [0.2, 0.25) is 0 Å². The molecule has 0 amide bonds. The molecule has 1 rings (SSSR count). The van der Waals surface area contributed by atoms with Crippen LogP contribution in [0, 0.1) is 17.7 Å². The average Bonchev–Trinajstić information content (AvgIpc) is 2.34. The van der Waals surface area contributed by atoms with Crippen molar-refractivity contribution in [3.63, 3.8) is 0 Å². The van der Waals surface area contributed by atoms with Crippen molar-refractivity contribution in [2.75, 3.05) is 19.6 Å². The zero-order valence-corrected chi connectivity index (χ0v) is 12.5. The summed E-state index contributed by atoms with van der Waals surface area (Å²) in [5, 5.41) is 3.44. The summed E-state index contributed by atoms with van der Waals surface area (Å²) in [6.07, 6.45) is 0. The molecule has 3 N–H and O–H groups in total. The third-order valence-electron chi connectivity index (χ3n) is 3.82. The normalized spacial score (nSPS) is 13.8. The molecule has 0 heterocycles. The maximum Gasteiger partial charge on any atom is 0.126 e. The number of benzene rings is 1. The summed E-state index contributed by atoms with van der Waals surface area (Å²) in [7, 11) is 0. The van der Waals surface area contributed by atoms with Gasteiger partial charge in [-0.3, -0.25) is 0 Å². The Bertz CT molecular complexity index is 388. The van der Waals surface area contributed by atoms with Crippen LogP contribution in [0.25, 0.3) is 0 Å². The molecule has 0 aromatic heterocycles. The third kappa shape index (κ3) is 4.59. The van der Waals surface area contributed by atoms with Crippen molar-refractivity contribution in [2.45, 2.75) is 33.1 Å². The number of halogens is 1. The molecule has 0 aliphatic heterocycles. The fourth-order valence-electron chi connectivity index (χ4n) is 2.27. The Morgan fingerprint density at radius 1 is 1.26 bits per heavy atom. The Balaban J connectivity index is 2.59. The van der Waals surface area contributed by atoms with Crippen molar-refractivity contribution >= 4 is 0 Å². The van der Waals surface area contributed by atoms with E-state index in [1.54, 1.807) is 6.07 Å². The van der Waals surface area contributed by atoms with Gasteiger partial charge in [0, 0.05) is 12.0 Å². The largest absolute Gasteiger partial charge is 0.330 e. The van der Waals surface area contributed by atoms with Gasteiger partial charge in [0.25, 0.3) is 0 Å². The SMILES string of the molecule is CC(C)C(CN)CNCC(C)(C)c1ccccc1F. The van der Waals surface area contributed by atoms with E-state index < -0.39 is 0 Å². The number of nitrogens with two attached hydrogens (primary N) is 1. The van der Waals surface area contributed by atoms with Gasteiger partial charge in [-0.25, -0.2) is 4.39 Å². The molecule has 0 aliphatic carbocycles. The summed E-state index contributed by atoms with van der Waals surface area (Å²) in [5.41, 5.74) is 6.30. The van der Waals surface area contributed by atoms with E-state index in [0.29, 0.717) is 18.4 Å². The van der Waals surface area contributed by atoms with E-state index in [2.05, 4.69) is 33.0 Å². The maximum atomic E-state index is 13.8. The van der Waals surface area contributed by atoms with Gasteiger partial charge >= 0.3 is 0 Å². The predicted octanol–water partition coefficient (Wildman–Crippen LogP) is 2.92. The van der Waals surface area contributed by atoms with Gasteiger partial charge in [0.1, 0.15) is 5.82 Å². The minimum absolute atomic E-state index is 0.131. The van der Waals surface area contributed by atoms with Gasteiger partial charge in [-0.05, 0) is 36.6 Å². The lowest BCUT2D eigenvalue weighted by Crippen LogP contribution is -2.39.